The molecule has 0 aromatic carbocycles. The molecule has 0 spiro atoms. The monoisotopic (exact) mass is 251 g/mol. The van der Waals surface area contributed by atoms with Crippen molar-refractivity contribution in [2.75, 3.05) is 37.8 Å². The molecule has 1 aliphatic heterocycles. The van der Waals surface area contributed by atoms with Crippen molar-refractivity contribution in [3.8, 4) is 0 Å². The van der Waals surface area contributed by atoms with Gasteiger partial charge < -0.3 is 15.5 Å². The van der Waals surface area contributed by atoms with Gasteiger partial charge in [-0.1, -0.05) is 0 Å². The van der Waals surface area contributed by atoms with E-state index in [1.807, 2.05) is 19.0 Å². The van der Waals surface area contributed by atoms with Crippen LogP contribution in [0.2, 0.25) is 0 Å². The van der Waals surface area contributed by atoms with Crippen molar-refractivity contribution in [1.82, 2.24) is 9.88 Å². The second kappa shape index (κ2) is 4.77. The van der Waals surface area contributed by atoms with Gasteiger partial charge in [0.2, 0.25) is 5.82 Å². The van der Waals surface area contributed by atoms with E-state index in [0.29, 0.717) is 17.7 Å². The molecular formula is C11H17N5O2. The average Bonchev–Trinajstić information content (AvgIpc) is 2.77. The van der Waals surface area contributed by atoms with E-state index < -0.39 is 4.92 Å². The Morgan fingerprint density at radius 1 is 1.56 bits per heavy atom. The molecule has 18 heavy (non-hydrogen) atoms. The lowest BCUT2D eigenvalue weighted by Gasteiger charge is -2.20. The fraction of sp³-hybridized carbons (Fsp3) is 0.545. The Labute approximate surface area is 105 Å². The number of hydrogen-bond donors (Lipinski definition) is 1. The molecule has 0 amide bonds. The summed E-state index contributed by atoms with van der Waals surface area (Å²) in [4.78, 5) is 18.7. The van der Waals surface area contributed by atoms with Crippen molar-refractivity contribution in [1.29, 1.82) is 0 Å². The molecule has 0 radical (unpaired) electrons. The van der Waals surface area contributed by atoms with Crippen LogP contribution in [0, 0.1) is 10.1 Å². The Hall–Kier alpha value is -1.89. The number of rotatable bonds is 3. The van der Waals surface area contributed by atoms with E-state index in [2.05, 4.69) is 9.88 Å². The van der Waals surface area contributed by atoms with Crippen molar-refractivity contribution in [2.24, 2.45) is 0 Å². The molecule has 1 aromatic rings. The van der Waals surface area contributed by atoms with E-state index in [0.717, 1.165) is 19.5 Å². The number of nitrogens with zero attached hydrogens (tertiary/aromatic N) is 4. The second-order valence-corrected chi connectivity index (χ2v) is 4.69. The Bertz CT molecular complexity index is 463. The molecule has 1 saturated heterocycles. The summed E-state index contributed by atoms with van der Waals surface area (Å²) < 4.78 is 0. The molecule has 1 unspecified atom stereocenters. The second-order valence-electron chi connectivity index (χ2n) is 4.69. The molecule has 7 heteroatoms. The van der Waals surface area contributed by atoms with Crippen molar-refractivity contribution in [2.45, 2.75) is 12.5 Å². The van der Waals surface area contributed by atoms with Crippen LogP contribution in [0.25, 0.3) is 0 Å². The zero-order valence-electron chi connectivity index (χ0n) is 10.5. The maximum Gasteiger partial charge on any atom is 0.311 e. The fourth-order valence-electron chi connectivity index (χ4n) is 2.19. The van der Waals surface area contributed by atoms with Gasteiger partial charge in [-0.15, -0.1) is 0 Å². The topological polar surface area (TPSA) is 88.5 Å². The summed E-state index contributed by atoms with van der Waals surface area (Å²) in [5, 5.41) is 11.0. The predicted octanol–water partition coefficient (Wildman–Crippen LogP) is 0.712. The molecule has 1 atom stereocenters. The van der Waals surface area contributed by atoms with E-state index in [1.165, 1.54) is 12.1 Å². The summed E-state index contributed by atoms with van der Waals surface area (Å²) in [6.45, 7) is 1.50. The highest BCUT2D eigenvalue weighted by Gasteiger charge is 2.29. The molecule has 0 saturated carbocycles. The lowest BCUT2D eigenvalue weighted by molar-refractivity contribution is -0.384. The molecule has 1 aromatic heterocycles. The Balaban J connectivity index is 2.28. The van der Waals surface area contributed by atoms with Gasteiger partial charge in [0.15, 0.2) is 0 Å². The number of anilines is 2. The highest BCUT2D eigenvalue weighted by Crippen LogP contribution is 2.30. The Kier molecular flexibility index (Phi) is 3.33. The van der Waals surface area contributed by atoms with Gasteiger partial charge in [0, 0.05) is 25.2 Å². The molecule has 2 rings (SSSR count). The van der Waals surface area contributed by atoms with Gasteiger partial charge in [-0.25, -0.2) is 4.98 Å². The number of nitro groups is 1. The smallest absolute Gasteiger partial charge is 0.311 e. The molecule has 98 valence electrons. The van der Waals surface area contributed by atoms with Crippen molar-refractivity contribution < 1.29 is 4.92 Å². The highest BCUT2D eigenvalue weighted by atomic mass is 16.6. The van der Waals surface area contributed by atoms with E-state index in [9.17, 15) is 10.1 Å². The highest BCUT2D eigenvalue weighted by molar-refractivity contribution is 5.61. The molecule has 7 nitrogen and oxygen atoms in total. The number of aromatic nitrogens is 1. The average molecular weight is 251 g/mol. The van der Waals surface area contributed by atoms with Crippen LogP contribution < -0.4 is 10.6 Å². The van der Waals surface area contributed by atoms with Crippen LogP contribution in [-0.2, 0) is 0 Å². The van der Waals surface area contributed by atoms with E-state index in [4.69, 9.17) is 5.73 Å². The maximum absolute atomic E-state index is 11.0. The van der Waals surface area contributed by atoms with Gasteiger partial charge in [0.25, 0.3) is 0 Å². The first-order chi connectivity index (χ1) is 8.49. The number of pyridine rings is 1. The lowest BCUT2D eigenvalue weighted by Crippen LogP contribution is -2.32. The van der Waals surface area contributed by atoms with Gasteiger partial charge in [-0.2, -0.15) is 0 Å². The Morgan fingerprint density at radius 2 is 2.28 bits per heavy atom. The third-order valence-corrected chi connectivity index (χ3v) is 3.27. The van der Waals surface area contributed by atoms with Gasteiger partial charge in [-0.3, -0.25) is 10.1 Å². The normalized spacial score (nSPS) is 19.5. The molecule has 2 N–H and O–H groups in total. The van der Waals surface area contributed by atoms with Crippen LogP contribution in [0.15, 0.2) is 12.1 Å². The third-order valence-electron chi connectivity index (χ3n) is 3.27. The molecule has 1 fully saturated rings. The molecule has 0 bridgehead atoms. The van der Waals surface area contributed by atoms with Crippen molar-refractivity contribution in [3.63, 3.8) is 0 Å². The summed E-state index contributed by atoms with van der Waals surface area (Å²) in [6.07, 6.45) is 0.973. The summed E-state index contributed by atoms with van der Waals surface area (Å²) in [6, 6.07) is 3.27. The first-order valence-electron chi connectivity index (χ1n) is 5.81. The number of hydrogen-bond acceptors (Lipinski definition) is 6. The summed E-state index contributed by atoms with van der Waals surface area (Å²) in [7, 11) is 4.02. The van der Waals surface area contributed by atoms with Crippen LogP contribution in [0.4, 0.5) is 17.3 Å². The summed E-state index contributed by atoms with van der Waals surface area (Å²) in [5.41, 5.74) is 5.64. The largest absolute Gasteiger partial charge is 0.384 e. The number of nitrogens with two attached hydrogens (primary N) is 1. The van der Waals surface area contributed by atoms with Crippen molar-refractivity contribution >= 4 is 17.3 Å². The summed E-state index contributed by atoms with van der Waals surface area (Å²) in [5.74, 6) is 0.688. The van der Waals surface area contributed by atoms with Crippen molar-refractivity contribution in [3.05, 3.63) is 22.2 Å². The van der Waals surface area contributed by atoms with Crippen LogP contribution in [0.3, 0.4) is 0 Å². The number of nitrogen functional groups attached to an aromatic ring is 1. The van der Waals surface area contributed by atoms with Gasteiger partial charge in [0.1, 0.15) is 5.82 Å². The van der Waals surface area contributed by atoms with Gasteiger partial charge in [0.05, 0.1) is 4.92 Å². The zero-order chi connectivity index (χ0) is 13.3. The minimum absolute atomic E-state index is 0.0172. The lowest BCUT2D eigenvalue weighted by atomic mass is 10.2. The quantitative estimate of drug-likeness (QED) is 0.628. The van der Waals surface area contributed by atoms with E-state index >= 15 is 0 Å². The first-order valence-corrected chi connectivity index (χ1v) is 5.81. The standard InChI is InChI=1S/C11H17N5O2/c1-14(2)8-5-6-15(7-8)11-9(16(17)18)3-4-10(12)13-11/h3-4,8H,5-7H2,1-2H3,(H2,12,13). The molecule has 1 aliphatic rings. The minimum Gasteiger partial charge on any atom is -0.384 e. The van der Waals surface area contributed by atoms with Crippen LogP contribution in [0.1, 0.15) is 6.42 Å². The minimum atomic E-state index is -0.412. The summed E-state index contributed by atoms with van der Waals surface area (Å²) >= 11 is 0. The van der Waals surface area contributed by atoms with Crippen LogP contribution >= 0.6 is 0 Å². The van der Waals surface area contributed by atoms with Crippen LogP contribution in [0.5, 0.6) is 0 Å². The molecule has 0 aliphatic carbocycles. The van der Waals surface area contributed by atoms with E-state index in [-0.39, 0.29) is 5.69 Å². The molecule has 2 heterocycles. The van der Waals surface area contributed by atoms with E-state index in [1.54, 1.807) is 0 Å². The number of likely N-dealkylation sites (N-methyl/N-ethyl adjacent to an activating group) is 1. The van der Waals surface area contributed by atoms with Gasteiger partial charge in [-0.05, 0) is 26.6 Å². The SMILES string of the molecule is CN(C)C1CCN(c2nc(N)ccc2[N+](=O)[O-])C1. The predicted molar refractivity (Wildman–Crippen MR) is 69.6 cm³/mol. The Morgan fingerprint density at radius 3 is 2.83 bits per heavy atom. The zero-order valence-corrected chi connectivity index (χ0v) is 10.5. The maximum atomic E-state index is 11.0. The van der Waals surface area contributed by atoms with Crippen LogP contribution in [-0.4, -0.2) is 48.0 Å². The fourth-order valence-corrected chi connectivity index (χ4v) is 2.19. The first kappa shape index (κ1) is 12.6. The molecular weight excluding hydrogens is 234 g/mol. The third kappa shape index (κ3) is 2.35. The van der Waals surface area contributed by atoms with Gasteiger partial charge >= 0.3 is 5.69 Å².